The fourth-order valence-corrected chi connectivity index (χ4v) is 1.89. The number of amides is 1. The van der Waals surface area contributed by atoms with Crippen LogP contribution in [0.25, 0.3) is 0 Å². The van der Waals surface area contributed by atoms with Crippen LogP contribution in [0.15, 0.2) is 42.7 Å². The number of halogens is 1. The minimum absolute atomic E-state index is 0.0341. The SMILES string of the molecule is O=C(O)CCN(C(=O)c1cncc(Cl)n1)c1ccccc1. The smallest absolute Gasteiger partial charge is 0.305 e. The molecule has 0 saturated carbocycles. The average molecular weight is 306 g/mol. The van der Waals surface area contributed by atoms with Crippen molar-refractivity contribution in [3.8, 4) is 0 Å². The molecule has 6 nitrogen and oxygen atoms in total. The van der Waals surface area contributed by atoms with Crippen LogP contribution in [0.1, 0.15) is 16.9 Å². The molecule has 0 aliphatic heterocycles. The molecule has 21 heavy (non-hydrogen) atoms. The normalized spacial score (nSPS) is 10.1. The van der Waals surface area contributed by atoms with E-state index in [2.05, 4.69) is 9.97 Å². The van der Waals surface area contributed by atoms with Crippen molar-refractivity contribution in [3.63, 3.8) is 0 Å². The van der Waals surface area contributed by atoms with E-state index in [1.54, 1.807) is 24.3 Å². The van der Waals surface area contributed by atoms with Gasteiger partial charge < -0.3 is 10.0 Å². The number of aromatic nitrogens is 2. The summed E-state index contributed by atoms with van der Waals surface area (Å²) in [4.78, 5) is 32.3. The quantitative estimate of drug-likeness (QED) is 0.916. The minimum atomic E-state index is -0.985. The molecule has 1 amide bonds. The van der Waals surface area contributed by atoms with Crippen molar-refractivity contribution in [2.24, 2.45) is 0 Å². The summed E-state index contributed by atoms with van der Waals surface area (Å²) < 4.78 is 0. The van der Waals surface area contributed by atoms with Gasteiger partial charge in [0.25, 0.3) is 5.91 Å². The number of anilines is 1. The Morgan fingerprint density at radius 3 is 2.52 bits per heavy atom. The van der Waals surface area contributed by atoms with Crippen molar-refractivity contribution in [1.82, 2.24) is 9.97 Å². The summed E-state index contributed by atoms with van der Waals surface area (Å²) >= 11 is 5.73. The highest BCUT2D eigenvalue weighted by Crippen LogP contribution is 2.17. The number of carboxylic acids is 1. The van der Waals surface area contributed by atoms with Crippen LogP contribution in [0, 0.1) is 0 Å². The number of benzene rings is 1. The van der Waals surface area contributed by atoms with Gasteiger partial charge in [-0.05, 0) is 12.1 Å². The lowest BCUT2D eigenvalue weighted by Gasteiger charge is -2.21. The Bertz CT molecular complexity index is 649. The van der Waals surface area contributed by atoms with Crippen LogP contribution in [0.2, 0.25) is 5.15 Å². The van der Waals surface area contributed by atoms with Gasteiger partial charge in [0, 0.05) is 12.2 Å². The van der Waals surface area contributed by atoms with E-state index in [9.17, 15) is 9.59 Å². The maximum atomic E-state index is 12.5. The van der Waals surface area contributed by atoms with Gasteiger partial charge in [0.1, 0.15) is 10.8 Å². The van der Waals surface area contributed by atoms with Crippen molar-refractivity contribution in [1.29, 1.82) is 0 Å². The van der Waals surface area contributed by atoms with Crippen molar-refractivity contribution >= 4 is 29.2 Å². The van der Waals surface area contributed by atoms with Gasteiger partial charge in [-0.2, -0.15) is 0 Å². The first-order valence-electron chi connectivity index (χ1n) is 6.14. The van der Waals surface area contributed by atoms with Gasteiger partial charge in [-0.25, -0.2) is 4.98 Å². The zero-order valence-corrected chi connectivity index (χ0v) is 11.7. The van der Waals surface area contributed by atoms with Crippen LogP contribution in [0.3, 0.4) is 0 Å². The van der Waals surface area contributed by atoms with E-state index in [1.807, 2.05) is 6.07 Å². The first-order chi connectivity index (χ1) is 10.1. The molecule has 1 heterocycles. The predicted molar refractivity (Wildman–Crippen MR) is 77.4 cm³/mol. The number of carbonyl (C=O) groups excluding carboxylic acids is 1. The van der Waals surface area contributed by atoms with Gasteiger partial charge in [0.15, 0.2) is 0 Å². The molecule has 0 aliphatic carbocycles. The van der Waals surface area contributed by atoms with Gasteiger partial charge in [0.05, 0.1) is 18.8 Å². The molecule has 0 bridgehead atoms. The van der Waals surface area contributed by atoms with E-state index in [0.717, 1.165) is 0 Å². The van der Waals surface area contributed by atoms with E-state index >= 15 is 0 Å². The third-order valence-electron chi connectivity index (χ3n) is 2.69. The molecule has 1 aromatic heterocycles. The minimum Gasteiger partial charge on any atom is -0.481 e. The number of rotatable bonds is 5. The van der Waals surface area contributed by atoms with Gasteiger partial charge in [-0.15, -0.1) is 0 Å². The summed E-state index contributed by atoms with van der Waals surface area (Å²) in [5.74, 6) is -1.43. The molecule has 7 heteroatoms. The molecular formula is C14H12ClN3O3. The molecule has 2 rings (SSSR count). The molecule has 0 aliphatic rings. The standard InChI is InChI=1S/C14H12ClN3O3/c15-12-9-16-8-11(17-12)14(21)18(7-6-13(19)20)10-4-2-1-3-5-10/h1-5,8-9H,6-7H2,(H,19,20). The monoisotopic (exact) mass is 305 g/mol. The van der Waals surface area contributed by atoms with Crippen LogP contribution in [0.4, 0.5) is 5.69 Å². The van der Waals surface area contributed by atoms with E-state index in [1.165, 1.54) is 17.3 Å². The van der Waals surface area contributed by atoms with E-state index in [4.69, 9.17) is 16.7 Å². The molecule has 108 valence electrons. The highest BCUT2D eigenvalue weighted by Gasteiger charge is 2.20. The Morgan fingerprint density at radius 2 is 1.90 bits per heavy atom. The topological polar surface area (TPSA) is 83.4 Å². The summed E-state index contributed by atoms with van der Waals surface area (Å²) in [5.41, 5.74) is 0.655. The number of carbonyl (C=O) groups is 2. The maximum absolute atomic E-state index is 12.5. The number of nitrogens with zero attached hydrogens (tertiary/aromatic N) is 3. The molecule has 1 aromatic carbocycles. The molecule has 0 spiro atoms. The number of hydrogen-bond acceptors (Lipinski definition) is 4. The second kappa shape index (κ2) is 6.81. The first-order valence-corrected chi connectivity index (χ1v) is 6.52. The summed E-state index contributed by atoms with van der Waals surface area (Å²) in [6, 6.07) is 8.78. The van der Waals surface area contributed by atoms with Crippen LogP contribution < -0.4 is 4.90 Å². The van der Waals surface area contributed by atoms with Crippen molar-refractivity contribution in [2.75, 3.05) is 11.4 Å². The Hall–Kier alpha value is -2.47. The van der Waals surface area contributed by atoms with Crippen molar-refractivity contribution in [3.05, 3.63) is 53.6 Å². The van der Waals surface area contributed by atoms with E-state index in [-0.39, 0.29) is 23.8 Å². The third kappa shape index (κ3) is 4.00. The van der Waals surface area contributed by atoms with E-state index < -0.39 is 11.9 Å². The highest BCUT2D eigenvalue weighted by atomic mass is 35.5. The molecule has 1 N–H and O–H groups in total. The number of para-hydroxylation sites is 1. The molecule has 0 atom stereocenters. The lowest BCUT2D eigenvalue weighted by atomic mass is 10.2. The highest BCUT2D eigenvalue weighted by molar-refractivity contribution is 6.29. The third-order valence-corrected chi connectivity index (χ3v) is 2.87. The summed E-state index contributed by atoms with van der Waals surface area (Å²) in [5, 5.41) is 8.92. The maximum Gasteiger partial charge on any atom is 0.305 e. The van der Waals surface area contributed by atoms with Gasteiger partial charge in [0.2, 0.25) is 0 Å². The van der Waals surface area contributed by atoms with Crippen LogP contribution >= 0.6 is 11.6 Å². The molecule has 0 unspecified atom stereocenters. The molecule has 2 aromatic rings. The fraction of sp³-hybridized carbons (Fsp3) is 0.143. The van der Waals surface area contributed by atoms with Gasteiger partial charge in [-0.1, -0.05) is 29.8 Å². The molecule has 0 radical (unpaired) electrons. The second-order valence-electron chi connectivity index (χ2n) is 4.16. The van der Waals surface area contributed by atoms with Gasteiger partial charge >= 0.3 is 5.97 Å². The average Bonchev–Trinajstić information content (AvgIpc) is 2.48. The van der Waals surface area contributed by atoms with E-state index in [0.29, 0.717) is 5.69 Å². The zero-order chi connectivity index (χ0) is 15.2. The van der Waals surface area contributed by atoms with Crippen molar-refractivity contribution < 1.29 is 14.7 Å². The Balaban J connectivity index is 2.30. The number of carboxylic acid groups (broad SMARTS) is 1. The van der Waals surface area contributed by atoms with Crippen LogP contribution in [0.5, 0.6) is 0 Å². The lowest BCUT2D eigenvalue weighted by Crippen LogP contribution is -2.33. The Labute approximate surface area is 126 Å². The van der Waals surface area contributed by atoms with Crippen LogP contribution in [-0.2, 0) is 4.79 Å². The van der Waals surface area contributed by atoms with Crippen LogP contribution in [-0.4, -0.2) is 33.5 Å². The summed E-state index contributed by atoms with van der Waals surface area (Å²) in [6.07, 6.45) is 2.45. The molecular weight excluding hydrogens is 294 g/mol. The van der Waals surface area contributed by atoms with Gasteiger partial charge in [-0.3, -0.25) is 14.6 Å². The summed E-state index contributed by atoms with van der Waals surface area (Å²) in [7, 11) is 0. The molecule has 0 fully saturated rings. The molecule has 0 saturated heterocycles. The second-order valence-corrected chi connectivity index (χ2v) is 4.55. The Morgan fingerprint density at radius 1 is 1.19 bits per heavy atom. The fourth-order valence-electron chi connectivity index (χ4n) is 1.75. The zero-order valence-electron chi connectivity index (χ0n) is 10.9. The first kappa shape index (κ1) is 14.9. The number of hydrogen-bond donors (Lipinski definition) is 1. The number of aliphatic carboxylic acids is 1. The Kier molecular flexibility index (Phi) is 4.84. The lowest BCUT2D eigenvalue weighted by molar-refractivity contribution is -0.136. The summed E-state index contributed by atoms with van der Waals surface area (Å²) in [6.45, 7) is 0.0341. The largest absolute Gasteiger partial charge is 0.481 e. The van der Waals surface area contributed by atoms with Crippen molar-refractivity contribution in [2.45, 2.75) is 6.42 Å². The predicted octanol–water partition coefficient (Wildman–Crippen LogP) is 2.25.